The van der Waals surface area contributed by atoms with Crippen LogP contribution in [0.15, 0.2) is 11.0 Å². The number of nitrogen functional groups attached to an aromatic ring is 1. The Bertz CT molecular complexity index is 502. The largest absolute Gasteiger partial charge is 0.394 e. The highest BCUT2D eigenvalue weighted by Gasteiger charge is 2.53. The lowest BCUT2D eigenvalue weighted by Gasteiger charge is -2.26. The number of rotatable bonds is 2. The van der Waals surface area contributed by atoms with Crippen LogP contribution in [0.5, 0.6) is 0 Å². The number of nitrogens with two attached hydrogens (primary N) is 1. The molecule has 2 heterocycles. The second-order valence-corrected chi connectivity index (χ2v) is 4.29. The van der Waals surface area contributed by atoms with Gasteiger partial charge in [-0.25, -0.2) is 4.79 Å². The molecule has 2 rings (SSSR count). The predicted molar refractivity (Wildman–Crippen MR) is 58.3 cm³/mol. The Kier molecular flexibility index (Phi) is 3.07. The molecule has 9 heteroatoms. The third kappa shape index (κ3) is 1.86. The van der Waals surface area contributed by atoms with E-state index >= 15 is 0 Å². The van der Waals surface area contributed by atoms with Crippen molar-refractivity contribution in [3.63, 3.8) is 0 Å². The van der Waals surface area contributed by atoms with E-state index in [0.29, 0.717) is 0 Å². The summed E-state index contributed by atoms with van der Waals surface area (Å²) < 4.78 is 5.99. The van der Waals surface area contributed by atoms with Crippen LogP contribution < -0.4 is 11.4 Å². The van der Waals surface area contributed by atoms with E-state index in [9.17, 15) is 15.0 Å². The highest BCUT2D eigenvalue weighted by molar-refractivity contribution is 5.19. The number of aliphatic hydroxyl groups is 3. The molecule has 1 aliphatic rings. The van der Waals surface area contributed by atoms with E-state index in [0.717, 1.165) is 10.9 Å². The summed E-state index contributed by atoms with van der Waals surface area (Å²) in [5, 5.41) is 32.6. The van der Waals surface area contributed by atoms with Crippen molar-refractivity contribution in [2.75, 3.05) is 12.3 Å². The van der Waals surface area contributed by atoms with Gasteiger partial charge in [0, 0.05) is 0 Å². The molecule has 0 aliphatic carbocycles. The van der Waals surface area contributed by atoms with Crippen LogP contribution >= 0.6 is 0 Å². The lowest BCUT2D eigenvalue weighted by Crippen LogP contribution is -2.47. The Morgan fingerprint density at radius 3 is 2.83 bits per heavy atom. The first-order chi connectivity index (χ1) is 8.37. The van der Waals surface area contributed by atoms with Gasteiger partial charge in [-0.3, -0.25) is 0 Å². The SMILES string of the molecule is C[C@@]1(O)C(O)[C@@H](CO)O[C@H]1n1ncc(N)nc1=O. The van der Waals surface area contributed by atoms with E-state index in [2.05, 4.69) is 10.1 Å². The molecule has 0 radical (unpaired) electrons. The molecule has 100 valence electrons. The zero-order valence-electron chi connectivity index (χ0n) is 9.59. The summed E-state index contributed by atoms with van der Waals surface area (Å²) in [5.41, 5.74) is 2.71. The fraction of sp³-hybridized carbons (Fsp3) is 0.667. The summed E-state index contributed by atoms with van der Waals surface area (Å²) in [6, 6.07) is 0. The molecule has 4 atom stereocenters. The first kappa shape index (κ1) is 12.9. The zero-order valence-corrected chi connectivity index (χ0v) is 9.59. The summed E-state index contributed by atoms with van der Waals surface area (Å²) in [6.45, 7) is 0.785. The number of hydrogen-bond donors (Lipinski definition) is 4. The molecule has 0 saturated carbocycles. The van der Waals surface area contributed by atoms with Gasteiger partial charge < -0.3 is 25.8 Å². The molecule has 1 aromatic heterocycles. The van der Waals surface area contributed by atoms with Gasteiger partial charge in [-0.2, -0.15) is 14.8 Å². The standard InChI is InChI=1S/C9H14N4O5/c1-9(17)6(15)4(3-14)18-7(9)13-8(16)12-5(10)2-11-13/h2,4,6-7,14-15,17H,3H2,1H3,(H2,10,12,16)/t4-,6?,7-,9-/m1/s1. The van der Waals surface area contributed by atoms with Crippen molar-refractivity contribution < 1.29 is 20.1 Å². The van der Waals surface area contributed by atoms with Crippen LogP contribution in [0.2, 0.25) is 0 Å². The van der Waals surface area contributed by atoms with E-state index in [1.807, 2.05) is 0 Å². The van der Waals surface area contributed by atoms with Crippen molar-refractivity contribution in [3.8, 4) is 0 Å². The van der Waals surface area contributed by atoms with Gasteiger partial charge in [0.05, 0.1) is 12.8 Å². The van der Waals surface area contributed by atoms with Gasteiger partial charge >= 0.3 is 5.69 Å². The topological polar surface area (TPSA) is 144 Å². The Morgan fingerprint density at radius 1 is 1.67 bits per heavy atom. The number of anilines is 1. The Morgan fingerprint density at radius 2 is 2.33 bits per heavy atom. The summed E-state index contributed by atoms with van der Waals surface area (Å²) in [6.07, 6.45) is -2.47. The van der Waals surface area contributed by atoms with Crippen molar-refractivity contribution in [2.24, 2.45) is 0 Å². The highest BCUT2D eigenvalue weighted by Crippen LogP contribution is 2.36. The highest BCUT2D eigenvalue weighted by atomic mass is 16.6. The van der Waals surface area contributed by atoms with E-state index in [-0.39, 0.29) is 5.82 Å². The van der Waals surface area contributed by atoms with Gasteiger partial charge in [-0.15, -0.1) is 0 Å². The van der Waals surface area contributed by atoms with Gasteiger partial charge in [0.2, 0.25) is 0 Å². The maximum Gasteiger partial charge on any atom is 0.368 e. The second kappa shape index (κ2) is 4.28. The van der Waals surface area contributed by atoms with Gasteiger partial charge in [0.1, 0.15) is 23.6 Å². The third-order valence-electron chi connectivity index (χ3n) is 2.89. The van der Waals surface area contributed by atoms with Crippen molar-refractivity contribution >= 4 is 5.82 Å². The summed E-state index contributed by atoms with van der Waals surface area (Å²) in [5.74, 6) is -0.0619. The van der Waals surface area contributed by atoms with Crippen LogP contribution in [-0.4, -0.2) is 54.5 Å². The van der Waals surface area contributed by atoms with Gasteiger partial charge in [0.15, 0.2) is 6.23 Å². The molecule has 9 nitrogen and oxygen atoms in total. The normalized spacial score (nSPS) is 35.9. The van der Waals surface area contributed by atoms with Gasteiger partial charge in [0.25, 0.3) is 0 Å². The molecule has 0 bridgehead atoms. The number of nitrogens with zero attached hydrogens (tertiary/aromatic N) is 3. The van der Waals surface area contributed by atoms with Crippen LogP contribution in [0.4, 0.5) is 5.82 Å². The molecule has 1 aromatic rings. The predicted octanol–water partition coefficient (Wildman–Crippen LogP) is -2.78. The molecule has 0 aromatic carbocycles. The second-order valence-electron chi connectivity index (χ2n) is 4.29. The van der Waals surface area contributed by atoms with Crippen LogP contribution in [0.25, 0.3) is 0 Å². The van der Waals surface area contributed by atoms with Crippen molar-refractivity contribution in [3.05, 3.63) is 16.7 Å². The van der Waals surface area contributed by atoms with Crippen molar-refractivity contribution in [1.29, 1.82) is 0 Å². The minimum Gasteiger partial charge on any atom is -0.394 e. The minimum atomic E-state index is -1.78. The fourth-order valence-corrected chi connectivity index (χ4v) is 1.87. The van der Waals surface area contributed by atoms with E-state index < -0.39 is 36.3 Å². The molecule has 0 spiro atoms. The molecule has 1 aliphatic heterocycles. The Hall–Kier alpha value is -1.55. The Labute approximate surface area is 101 Å². The van der Waals surface area contributed by atoms with Crippen molar-refractivity contribution in [1.82, 2.24) is 14.8 Å². The zero-order chi connectivity index (χ0) is 13.5. The first-order valence-corrected chi connectivity index (χ1v) is 5.26. The van der Waals surface area contributed by atoms with Crippen LogP contribution in [0.3, 0.4) is 0 Å². The summed E-state index contributed by atoms with van der Waals surface area (Å²) in [4.78, 5) is 15.0. The lowest BCUT2D eigenvalue weighted by molar-refractivity contribution is -0.105. The lowest BCUT2D eigenvalue weighted by atomic mass is 9.97. The molecule has 1 unspecified atom stereocenters. The first-order valence-electron chi connectivity index (χ1n) is 5.26. The monoisotopic (exact) mass is 258 g/mol. The average Bonchev–Trinajstić information content (AvgIpc) is 2.52. The molecule has 5 N–H and O–H groups in total. The average molecular weight is 258 g/mol. The van der Waals surface area contributed by atoms with Gasteiger partial charge in [-0.05, 0) is 6.92 Å². The fourth-order valence-electron chi connectivity index (χ4n) is 1.87. The molecule has 1 fully saturated rings. The minimum absolute atomic E-state index is 0.0619. The number of hydrogen-bond acceptors (Lipinski definition) is 8. The van der Waals surface area contributed by atoms with E-state index in [4.69, 9.17) is 15.6 Å². The molecule has 18 heavy (non-hydrogen) atoms. The van der Waals surface area contributed by atoms with E-state index in [1.165, 1.54) is 6.92 Å². The van der Waals surface area contributed by atoms with E-state index in [1.54, 1.807) is 0 Å². The smallest absolute Gasteiger partial charge is 0.368 e. The molecular weight excluding hydrogens is 244 g/mol. The maximum absolute atomic E-state index is 11.6. The Balaban J connectivity index is 2.42. The third-order valence-corrected chi connectivity index (χ3v) is 2.89. The van der Waals surface area contributed by atoms with Crippen LogP contribution in [0.1, 0.15) is 13.2 Å². The van der Waals surface area contributed by atoms with Gasteiger partial charge in [-0.1, -0.05) is 0 Å². The quantitative estimate of drug-likeness (QED) is 0.446. The van der Waals surface area contributed by atoms with Crippen LogP contribution in [0, 0.1) is 0 Å². The number of aliphatic hydroxyl groups excluding tert-OH is 2. The summed E-state index contributed by atoms with van der Waals surface area (Å²) >= 11 is 0. The molecule has 1 saturated heterocycles. The number of aromatic nitrogens is 3. The molecule has 0 amide bonds. The summed E-state index contributed by atoms with van der Waals surface area (Å²) in [7, 11) is 0. The van der Waals surface area contributed by atoms with Crippen LogP contribution in [-0.2, 0) is 4.74 Å². The maximum atomic E-state index is 11.6. The molecular formula is C9H14N4O5. The number of ether oxygens (including phenoxy) is 1. The van der Waals surface area contributed by atoms with Crippen molar-refractivity contribution in [2.45, 2.75) is 31.0 Å².